The van der Waals surface area contributed by atoms with Crippen molar-refractivity contribution in [1.29, 1.82) is 0 Å². The van der Waals surface area contributed by atoms with Gasteiger partial charge in [-0.15, -0.1) is 11.3 Å². The molecule has 3 aromatic rings. The van der Waals surface area contributed by atoms with Gasteiger partial charge in [-0.3, -0.25) is 0 Å². The first-order chi connectivity index (χ1) is 16.0. The Bertz CT molecular complexity index is 1130. The van der Waals surface area contributed by atoms with Gasteiger partial charge in [-0.1, -0.05) is 12.1 Å². The monoisotopic (exact) mass is 493 g/mol. The highest BCUT2D eigenvalue weighted by Crippen LogP contribution is 2.33. The second-order valence-corrected chi connectivity index (χ2v) is 9.00. The topological polar surface area (TPSA) is 68.7 Å². The SMILES string of the molecule is CCOC(Cc1c(C)cc(OCc2sc(-c3ccc(C(F)(F)F)cc3)nc2C)cc1C)C(=O)O. The summed E-state index contributed by atoms with van der Waals surface area (Å²) in [6, 6.07) is 8.67. The minimum absolute atomic E-state index is 0.263. The molecule has 0 aliphatic carbocycles. The standard InChI is InChI=1S/C25H26F3NO4S/c1-5-32-21(24(30)31)12-20-14(2)10-19(11-15(20)3)33-13-22-16(4)29-23(34-22)17-6-8-18(9-7-17)25(26,27)28/h6-11,21H,5,12-13H2,1-4H3,(H,30,31). The number of aryl methyl sites for hydroxylation is 3. The number of rotatable bonds is 9. The molecular weight excluding hydrogens is 467 g/mol. The van der Waals surface area contributed by atoms with Crippen LogP contribution in [0.4, 0.5) is 13.2 Å². The van der Waals surface area contributed by atoms with Gasteiger partial charge in [0.1, 0.15) is 17.4 Å². The zero-order valence-corrected chi connectivity index (χ0v) is 20.1. The number of halogens is 3. The Morgan fingerprint density at radius 2 is 1.74 bits per heavy atom. The summed E-state index contributed by atoms with van der Waals surface area (Å²) in [5.41, 5.74) is 3.40. The molecule has 5 nitrogen and oxygen atoms in total. The lowest BCUT2D eigenvalue weighted by atomic mass is 9.97. The summed E-state index contributed by atoms with van der Waals surface area (Å²) >= 11 is 1.37. The van der Waals surface area contributed by atoms with Gasteiger partial charge in [0.2, 0.25) is 0 Å². The molecule has 1 atom stereocenters. The van der Waals surface area contributed by atoms with E-state index in [1.165, 1.54) is 23.5 Å². The first kappa shape index (κ1) is 25.7. The van der Waals surface area contributed by atoms with Crippen molar-refractivity contribution < 1.29 is 32.5 Å². The van der Waals surface area contributed by atoms with Crippen molar-refractivity contribution in [2.24, 2.45) is 0 Å². The Kier molecular flexibility index (Phi) is 7.99. The molecule has 9 heteroatoms. The third kappa shape index (κ3) is 6.15. The van der Waals surface area contributed by atoms with Gasteiger partial charge in [0.15, 0.2) is 6.10 Å². The number of hydrogen-bond donors (Lipinski definition) is 1. The number of carbonyl (C=O) groups is 1. The van der Waals surface area contributed by atoms with Crippen LogP contribution in [-0.2, 0) is 28.7 Å². The van der Waals surface area contributed by atoms with E-state index in [0.29, 0.717) is 22.9 Å². The molecule has 0 bridgehead atoms. The minimum Gasteiger partial charge on any atom is -0.488 e. The third-order valence-electron chi connectivity index (χ3n) is 5.42. The first-order valence-corrected chi connectivity index (χ1v) is 11.5. The van der Waals surface area contributed by atoms with E-state index in [1.807, 2.05) is 32.9 Å². The molecule has 0 spiro atoms. The smallest absolute Gasteiger partial charge is 0.416 e. The lowest BCUT2D eigenvalue weighted by Crippen LogP contribution is -2.27. The summed E-state index contributed by atoms with van der Waals surface area (Å²) in [5.74, 6) is -0.351. The number of carboxylic acids is 1. The summed E-state index contributed by atoms with van der Waals surface area (Å²) in [4.78, 5) is 16.8. The van der Waals surface area contributed by atoms with E-state index in [-0.39, 0.29) is 13.0 Å². The molecule has 0 amide bonds. The summed E-state index contributed by atoms with van der Waals surface area (Å²) in [6.45, 7) is 7.98. The van der Waals surface area contributed by atoms with E-state index in [2.05, 4.69) is 4.98 Å². The number of nitrogens with zero attached hydrogens (tertiary/aromatic N) is 1. The van der Waals surface area contributed by atoms with Crippen molar-refractivity contribution in [2.45, 2.75) is 53.0 Å². The van der Waals surface area contributed by atoms with Gasteiger partial charge in [-0.2, -0.15) is 13.2 Å². The van der Waals surface area contributed by atoms with Crippen molar-refractivity contribution in [3.05, 3.63) is 69.2 Å². The Balaban J connectivity index is 1.72. The molecular formula is C25H26F3NO4S. The van der Waals surface area contributed by atoms with Gasteiger partial charge in [-0.25, -0.2) is 9.78 Å². The molecule has 34 heavy (non-hydrogen) atoms. The van der Waals surface area contributed by atoms with Crippen LogP contribution in [0.5, 0.6) is 5.75 Å². The predicted molar refractivity (Wildman–Crippen MR) is 124 cm³/mol. The molecule has 1 aromatic heterocycles. The van der Waals surface area contributed by atoms with E-state index < -0.39 is 23.8 Å². The molecule has 3 rings (SSSR count). The van der Waals surface area contributed by atoms with E-state index in [0.717, 1.165) is 39.4 Å². The Labute approximate surface area is 200 Å². The van der Waals surface area contributed by atoms with Crippen LogP contribution in [0.3, 0.4) is 0 Å². The number of carboxylic acid groups (broad SMARTS) is 1. The molecule has 1 N–H and O–H groups in total. The third-order valence-corrected chi connectivity index (χ3v) is 6.60. The Hall–Kier alpha value is -2.91. The maximum Gasteiger partial charge on any atom is 0.416 e. The average molecular weight is 494 g/mol. The van der Waals surface area contributed by atoms with Crippen LogP contribution < -0.4 is 4.74 Å². The van der Waals surface area contributed by atoms with Crippen molar-refractivity contribution in [1.82, 2.24) is 4.98 Å². The maximum atomic E-state index is 12.8. The highest BCUT2D eigenvalue weighted by molar-refractivity contribution is 7.15. The van der Waals surface area contributed by atoms with Crippen LogP contribution in [0.1, 0.15) is 39.7 Å². The molecule has 182 valence electrons. The number of alkyl halides is 3. The quantitative estimate of drug-likeness (QED) is 0.375. The molecule has 1 unspecified atom stereocenters. The molecule has 0 fully saturated rings. The summed E-state index contributed by atoms with van der Waals surface area (Å²) in [7, 11) is 0. The Morgan fingerprint density at radius 3 is 2.26 bits per heavy atom. The van der Waals surface area contributed by atoms with Crippen LogP contribution in [0.15, 0.2) is 36.4 Å². The molecule has 1 heterocycles. The number of benzene rings is 2. The number of aliphatic carboxylic acids is 1. The normalized spacial score (nSPS) is 12.6. The van der Waals surface area contributed by atoms with E-state index in [9.17, 15) is 23.1 Å². The van der Waals surface area contributed by atoms with Crippen molar-refractivity contribution in [3.63, 3.8) is 0 Å². The van der Waals surface area contributed by atoms with Crippen LogP contribution >= 0.6 is 11.3 Å². The fourth-order valence-corrected chi connectivity index (χ4v) is 4.58. The number of ether oxygens (including phenoxy) is 2. The van der Waals surface area contributed by atoms with Crippen LogP contribution in [-0.4, -0.2) is 28.8 Å². The highest BCUT2D eigenvalue weighted by Gasteiger charge is 2.30. The fourth-order valence-electron chi connectivity index (χ4n) is 3.60. The highest BCUT2D eigenvalue weighted by atomic mass is 32.1. The number of thiazole rings is 1. The first-order valence-electron chi connectivity index (χ1n) is 10.7. The maximum absolute atomic E-state index is 12.8. The summed E-state index contributed by atoms with van der Waals surface area (Å²) in [6.07, 6.45) is -5.01. The van der Waals surface area contributed by atoms with Gasteiger partial charge < -0.3 is 14.6 Å². The van der Waals surface area contributed by atoms with E-state index >= 15 is 0 Å². The lowest BCUT2D eigenvalue weighted by Gasteiger charge is -2.17. The largest absolute Gasteiger partial charge is 0.488 e. The van der Waals surface area contributed by atoms with Crippen molar-refractivity contribution >= 4 is 17.3 Å². The summed E-state index contributed by atoms with van der Waals surface area (Å²) in [5, 5.41) is 10.00. The zero-order valence-electron chi connectivity index (χ0n) is 19.3. The van der Waals surface area contributed by atoms with E-state index in [4.69, 9.17) is 9.47 Å². The van der Waals surface area contributed by atoms with Crippen LogP contribution in [0.2, 0.25) is 0 Å². The van der Waals surface area contributed by atoms with Crippen molar-refractivity contribution in [3.8, 4) is 16.3 Å². The Morgan fingerprint density at radius 1 is 1.12 bits per heavy atom. The summed E-state index contributed by atoms with van der Waals surface area (Å²) < 4.78 is 49.7. The molecule has 0 aliphatic heterocycles. The van der Waals surface area contributed by atoms with Gasteiger partial charge in [0.25, 0.3) is 0 Å². The zero-order chi connectivity index (χ0) is 25.0. The second kappa shape index (κ2) is 10.6. The molecule has 0 saturated heterocycles. The molecule has 0 radical (unpaired) electrons. The van der Waals surface area contributed by atoms with Crippen molar-refractivity contribution in [2.75, 3.05) is 6.61 Å². The minimum atomic E-state index is -4.38. The molecule has 2 aromatic carbocycles. The number of aromatic nitrogens is 1. The van der Waals surface area contributed by atoms with Gasteiger partial charge in [0.05, 0.1) is 16.1 Å². The molecule has 0 saturated carbocycles. The fraction of sp³-hybridized carbons (Fsp3) is 0.360. The molecule has 0 aliphatic rings. The van der Waals surface area contributed by atoms with Crippen LogP contribution in [0.25, 0.3) is 10.6 Å². The lowest BCUT2D eigenvalue weighted by molar-refractivity contribution is -0.150. The van der Waals surface area contributed by atoms with Gasteiger partial charge in [-0.05, 0) is 68.7 Å². The van der Waals surface area contributed by atoms with E-state index in [1.54, 1.807) is 6.92 Å². The number of hydrogen-bond acceptors (Lipinski definition) is 5. The average Bonchev–Trinajstić information content (AvgIpc) is 3.14. The second-order valence-electron chi connectivity index (χ2n) is 7.91. The van der Waals surface area contributed by atoms with Gasteiger partial charge >= 0.3 is 12.1 Å². The predicted octanol–water partition coefficient (Wildman–Crippen LogP) is 6.37. The van der Waals surface area contributed by atoms with Gasteiger partial charge in [0, 0.05) is 18.6 Å². The van der Waals surface area contributed by atoms with Crippen LogP contribution in [0, 0.1) is 20.8 Å².